The molecule has 0 fully saturated rings. The maximum atomic E-state index is 13.8. The molecule has 0 saturated carbocycles. The number of halogens is 2. The fraction of sp³-hybridized carbons (Fsp3) is 0.0909. The van der Waals surface area contributed by atoms with Gasteiger partial charge < -0.3 is 5.11 Å². The molecule has 1 N–H and O–H groups in total. The smallest absolute Gasteiger partial charge is 0.305 e. The second-order valence-corrected chi connectivity index (χ2v) is 3.59. The highest BCUT2D eigenvalue weighted by Crippen LogP contribution is 2.29. The van der Waals surface area contributed by atoms with Gasteiger partial charge in [0.25, 0.3) is 0 Å². The normalized spacial score (nSPS) is 10.5. The Morgan fingerprint density at radius 2 is 1.89 bits per heavy atom. The van der Waals surface area contributed by atoms with Crippen LogP contribution in [0.4, 0.5) is 14.5 Å². The second kappa shape index (κ2) is 5.02. The van der Waals surface area contributed by atoms with Crippen LogP contribution in [0.1, 0.15) is 5.56 Å². The number of nitrogens with zero attached hydrogens (tertiary/aromatic N) is 3. The number of nitro groups is 1. The van der Waals surface area contributed by atoms with Crippen LogP contribution in [0, 0.1) is 21.7 Å². The van der Waals surface area contributed by atoms with Crippen molar-refractivity contribution in [3.63, 3.8) is 0 Å². The molecule has 98 valence electrons. The van der Waals surface area contributed by atoms with Gasteiger partial charge in [-0.25, -0.2) is 14.4 Å². The van der Waals surface area contributed by atoms with Crippen molar-refractivity contribution >= 4 is 5.69 Å². The van der Waals surface area contributed by atoms with Crippen LogP contribution in [0.2, 0.25) is 0 Å². The first-order valence-corrected chi connectivity index (χ1v) is 5.09. The molecular weight excluding hydrogens is 260 g/mol. The summed E-state index contributed by atoms with van der Waals surface area (Å²) in [5, 5.41) is 19.4. The van der Waals surface area contributed by atoms with E-state index < -0.39 is 27.8 Å². The molecule has 6 nitrogen and oxygen atoms in total. The Morgan fingerprint density at radius 1 is 1.26 bits per heavy atom. The molecule has 8 heteroatoms. The van der Waals surface area contributed by atoms with E-state index >= 15 is 0 Å². The van der Waals surface area contributed by atoms with Crippen molar-refractivity contribution in [2.24, 2.45) is 0 Å². The van der Waals surface area contributed by atoms with Crippen molar-refractivity contribution in [3.05, 3.63) is 51.8 Å². The number of benzene rings is 1. The van der Waals surface area contributed by atoms with E-state index in [0.29, 0.717) is 5.56 Å². The molecule has 0 atom stereocenters. The summed E-state index contributed by atoms with van der Waals surface area (Å²) in [4.78, 5) is 17.0. The van der Waals surface area contributed by atoms with Crippen molar-refractivity contribution in [1.82, 2.24) is 9.97 Å². The first kappa shape index (κ1) is 13.0. The molecule has 0 aliphatic rings. The second-order valence-electron chi connectivity index (χ2n) is 3.59. The first-order valence-electron chi connectivity index (χ1n) is 5.09. The highest BCUT2D eigenvalue weighted by Gasteiger charge is 2.24. The number of hydrogen-bond acceptors (Lipinski definition) is 5. The van der Waals surface area contributed by atoms with E-state index in [2.05, 4.69) is 9.97 Å². The Bertz CT molecular complexity index is 632. The molecule has 0 aliphatic carbocycles. The zero-order chi connectivity index (χ0) is 14.0. The minimum Gasteiger partial charge on any atom is -0.392 e. The zero-order valence-corrected chi connectivity index (χ0v) is 9.38. The third-order valence-corrected chi connectivity index (χ3v) is 2.38. The Kier molecular flexibility index (Phi) is 3.43. The van der Waals surface area contributed by atoms with Crippen LogP contribution in [0.5, 0.6) is 0 Å². The van der Waals surface area contributed by atoms with Gasteiger partial charge >= 0.3 is 5.69 Å². The SMILES string of the molecule is O=[N+]([O-])c1ccc(F)c(-c2ncc(CO)cn2)c1F. The molecule has 0 radical (unpaired) electrons. The van der Waals surface area contributed by atoms with E-state index in [1.165, 1.54) is 12.4 Å². The monoisotopic (exact) mass is 267 g/mol. The Labute approximate surface area is 105 Å². The van der Waals surface area contributed by atoms with Gasteiger partial charge in [0.1, 0.15) is 5.82 Å². The maximum Gasteiger partial charge on any atom is 0.305 e. The molecule has 0 unspecified atom stereocenters. The van der Waals surface area contributed by atoms with Crippen molar-refractivity contribution in [1.29, 1.82) is 0 Å². The minimum atomic E-state index is -1.33. The molecule has 2 rings (SSSR count). The van der Waals surface area contributed by atoms with Crippen molar-refractivity contribution < 1.29 is 18.8 Å². The van der Waals surface area contributed by atoms with E-state index in [1.54, 1.807) is 0 Å². The summed E-state index contributed by atoms with van der Waals surface area (Å²) in [5.41, 5.74) is -1.17. The standard InChI is InChI=1S/C11H7F2N3O3/c12-7-1-2-8(16(18)19)10(13)9(7)11-14-3-6(5-17)4-15-11/h1-4,17H,5H2. The lowest BCUT2D eigenvalue weighted by atomic mass is 10.1. The number of aromatic nitrogens is 2. The number of rotatable bonds is 3. The molecule has 0 spiro atoms. The molecule has 0 bridgehead atoms. The lowest BCUT2D eigenvalue weighted by Crippen LogP contribution is -2.01. The minimum absolute atomic E-state index is 0.319. The summed E-state index contributed by atoms with van der Waals surface area (Å²) < 4.78 is 27.4. The van der Waals surface area contributed by atoms with E-state index in [1.807, 2.05) is 0 Å². The summed E-state index contributed by atoms with van der Waals surface area (Å²) in [6, 6.07) is 1.51. The summed E-state index contributed by atoms with van der Waals surface area (Å²) in [5.74, 6) is -2.66. The average molecular weight is 267 g/mol. The van der Waals surface area contributed by atoms with Gasteiger partial charge in [-0.3, -0.25) is 10.1 Å². The van der Waals surface area contributed by atoms with E-state index in [4.69, 9.17) is 5.11 Å². The molecule has 1 aromatic heterocycles. The third kappa shape index (κ3) is 2.38. The van der Waals surface area contributed by atoms with E-state index in [0.717, 1.165) is 12.1 Å². The van der Waals surface area contributed by atoms with Gasteiger partial charge in [-0.15, -0.1) is 0 Å². The van der Waals surface area contributed by atoms with Gasteiger partial charge in [-0.05, 0) is 6.07 Å². The van der Waals surface area contributed by atoms with Crippen molar-refractivity contribution in [2.45, 2.75) is 6.61 Å². The molecular formula is C11H7F2N3O3. The molecule has 0 aliphatic heterocycles. The van der Waals surface area contributed by atoms with Crippen LogP contribution in [-0.4, -0.2) is 20.0 Å². The molecule has 19 heavy (non-hydrogen) atoms. The van der Waals surface area contributed by atoms with Crippen molar-refractivity contribution in [3.8, 4) is 11.4 Å². The van der Waals surface area contributed by atoms with Crippen LogP contribution in [-0.2, 0) is 6.61 Å². The summed E-state index contributed by atoms with van der Waals surface area (Å²) in [6.45, 7) is -0.319. The quantitative estimate of drug-likeness (QED) is 0.676. The van der Waals surface area contributed by atoms with Crippen LogP contribution in [0.15, 0.2) is 24.5 Å². The fourth-order valence-electron chi connectivity index (χ4n) is 1.45. The number of hydrogen-bond donors (Lipinski definition) is 1. The molecule has 0 amide bonds. The van der Waals surface area contributed by atoms with Crippen LogP contribution in [0.3, 0.4) is 0 Å². The topological polar surface area (TPSA) is 89.2 Å². The van der Waals surface area contributed by atoms with Gasteiger partial charge in [0.15, 0.2) is 5.82 Å². The zero-order valence-electron chi connectivity index (χ0n) is 9.38. The van der Waals surface area contributed by atoms with Gasteiger partial charge in [-0.2, -0.15) is 4.39 Å². The van der Waals surface area contributed by atoms with Crippen LogP contribution < -0.4 is 0 Å². The summed E-state index contributed by atoms with van der Waals surface area (Å²) in [7, 11) is 0. The predicted molar refractivity (Wildman–Crippen MR) is 60.0 cm³/mol. The average Bonchev–Trinajstić information content (AvgIpc) is 2.39. The predicted octanol–water partition coefficient (Wildman–Crippen LogP) is 1.82. The number of aliphatic hydroxyl groups excluding tert-OH is 1. The first-order chi connectivity index (χ1) is 9.04. The van der Waals surface area contributed by atoms with Gasteiger partial charge in [0.05, 0.1) is 17.1 Å². The molecule has 1 aromatic carbocycles. The largest absolute Gasteiger partial charge is 0.392 e. The van der Waals surface area contributed by atoms with Gasteiger partial charge in [0, 0.05) is 24.0 Å². The Morgan fingerprint density at radius 3 is 2.42 bits per heavy atom. The Hall–Kier alpha value is -2.48. The lowest BCUT2D eigenvalue weighted by molar-refractivity contribution is -0.387. The summed E-state index contributed by atoms with van der Waals surface area (Å²) >= 11 is 0. The molecule has 0 saturated heterocycles. The molecule has 1 heterocycles. The fourth-order valence-corrected chi connectivity index (χ4v) is 1.45. The van der Waals surface area contributed by atoms with E-state index in [9.17, 15) is 18.9 Å². The number of nitro benzene ring substituents is 1. The van der Waals surface area contributed by atoms with E-state index in [-0.39, 0.29) is 12.4 Å². The highest BCUT2D eigenvalue weighted by atomic mass is 19.1. The van der Waals surface area contributed by atoms with Crippen LogP contribution >= 0.6 is 0 Å². The maximum absolute atomic E-state index is 13.8. The molecule has 2 aromatic rings. The number of aliphatic hydroxyl groups is 1. The lowest BCUT2D eigenvalue weighted by Gasteiger charge is -2.04. The van der Waals surface area contributed by atoms with Crippen LogP contribution in [0.25, 0.3) is 11.4 Å². The van der Waals surface area contributed by atoms with Gasteiger partial charge in [0.2, 0.25) is 5.82 Å². The van der Waals surface area contributed by atoms with Gasteiger partial charge in [-0.1, -0.05) is 0 Å². The summed E-state index contributed by atoms with van der Waals surface area (Å²) in [6.07, 6.45) is 2.36. The highest BCUT2D eigenvalue weighted by molar-refractivity contribution is 5.61. The van der Waals surface area contributed by atoms with Crippen molar-refractivity contribution in [2.75, 3.05) is 0 Å². The Balaban J connectivity index is 2.60. The third-order valence-electron chi connectivity index (χ3n) is 2.38.